The largest absolute Gasteiger partial charge is 0.374 e. The Kier molecular flexibility index (Phi) is 2.87. The van der Waals surface area contributed by atoms with Crippen molar-refractivity contribution in [2.24, 2.45) is 0 Å². The number of hydrogen-bond donors (Lipinski definition) is 1. The van der Waals surface area contributed by atoms with Crippen LogP contribution in [0, 0.1) is 0 Å². The summed E-state index contributed by atoms with van der Waals surface area (Å²) in [5.41, 5.74) is 0. The molecule has 74 valence electrons. The lowest BCUT2D eigenvalue weighted by Crippen LogP contribution is -2.30. The first-order chi connectivity index (χ1) is 5.75. The van der Waals surface area contributed by atoms with E-state index in [1.54, 1.807) is 6.07 Å². The fraction of sp³-hybridized carbons (Fsp3) is 0.429. The number of halogens is 1. The van der Waals surface area contributed by atoms with Crippen LogP contribution < -0.4 is 0 Å². The van der Waals surface area contributed by atoms with E-state index >= 15 is 0 Å². The minimum Gasteiger partial charge on any atom is -0.374 e. The highest BCUT2D eigenvalue weighted by Gasteiger charge is 2.34. The van der Waals surface area contributed by atoms with Crippen LogP contribution in [0.2, 0.25) is 0 Å². The highest BCUT2D eigenvalue weighted by Crippen LogP contribution is 2.31. The lowest BCUT2D eigenvalue weighted by atomic mass is 10.5. The molecule has 13 heavy (non-hydrogen) atoms. The van der Waals surface area contributed by atoms with Gasteiger partial charge >= 0.3 is 0 Å². The summed E-state index contributed by atoms with van der Waals surface area (Å²) in [5, 5.41) is 9.41. The molecular weight excluding hydrogens is 276 g/mol. The van der Waals surface area contributed by atoms with E-state index in [4.69, 9.17) is 0 Å². The number of thiophene rings is 1. The molecule has 0 aliphatic heterocycles. The number of hydrogen-bond acceptors (Lipinski definition) is 4. The molecule has 0 aliphatic rings. The van der Waals surface area contributed by atoms with Crippen LogP contribution in [0.3, 0.4) is 0 Å². The minimum atomic E-state index is -3.61. The van der Waals surface area contributed by atoms with E-state index in [0.29, 0.717) is 0 Å². The van der Waals surface area contributed by atoms with Gasteiger partial charge in [-0.2, -0.15) is 0 Å². The first-order valence-electron chi connectivity index (χ1n) is 3.47. The van der Waals surface area contributed by atoms with Gasteiger partial charge in [-0.25, -0.2) is 8.42 Å². The Hall–Kier alpha value is 0.0900. The SMILES string of the molecule is CC(C)(O)S(=O)(=O)c1ccc(Br)s1. The van der Waals surface area contributed by atoms with Gasteiger partial charge in [0.2, 0.25) is 9.84 Å². The van der Waals surface area contributed by atoms with Crippen molar-refractivity contribution in [3.8, 4) is 0 Å². The number of rotatable bonds is 2. The Balaban J connectivity index is 3.24. The van der Waals surface area contributed by atoms with Crippen molar-refractivity contribution in [2.45, 2.75) is 23.0 Å². The standard InChI is InChI=1S/C7H9BrO3S2/c1-7(2,9)13(10,11)6-4-3-5(8)12-6/h3-4,9H,1-2H3. The molecule has 1 aromatic rings. The van der Waals surface area contributed by atoms with Gasteiger partial charge in [-0.05, 0) is 41.9 Å². The van der Waals surface area contributed by atoms with Gasteiger partial charge in [-0.3, -0.25) is 0 Å². The molecule has 0 fully saturated rings. The van der Waals surface area contributed by atoms with Crippen molar-refractivity contribution in [1.29, 1.82) is 0 Å². The Morgan fingerprint density at radius 2 is 2.00 bits per heavy atom. The van der Waals surface area contributed by atoms with Gasteiger partial charge in [-0.1, -0.05) is 0 Å². The molecule has 0 saturated carbocycles. The maximum atomic E-state index is 11.6. The van der Waals surface area contributed by atoms with E-state index in [-0.39, 0.29) is 4.21 Å². The van der Waals surface area contributed by atoms with Gasteiger partial charge in [0.05, 0.1) is 3.79 Å². The van der Waals surface area contributed by atoms with Crippen molar-refractivity contribution < 1.29 is 13.5 Å². The van der Waals surface area contributed by atoms with Gasteiger partial charge in [-0.15, -0.1) is 11.3 Å². The number of aliphatic hydroxyl groups is 1. The third kappa shape index (κ3) is 2.12. The van der Waals surface area contributed by atoms with Crippen LogP contribution in [0.4, 0.5) is 0 Å². The fourth-order valence-corrected chi connectivity index (χ4v) is 4.19. The fourth-order valence-electron chi connectivity index (χ4n) is 0.688. The van der Waals surface area contributed by atoms with Gasteiger partial charge in [0.15, 0.2) is 4.93 Å². The summed E-state index contributed by atoms with van der Waals surface area (Å²) in [6, 6.07) is 3.12. The van der Waals surface area contributed by atoms with Gasteiger partial charge in [0.1, 0.15) is 4.21 Å². The molecular formula is C7H9BrO3S2. The predicted octanol–water partition coefficient (Wildman–Crippen LogP) is 2.01. The molecule has 0 saturated heterocycles. The highest BCUT2D eigenvalue weighted by molar-refractivity contribution is 9.11. The van der Waals surface area contributed by atoms with E-state index in [2.05, 4.69) is 15.9 Å². The van der Waals surface area contributed by atoms with Crippen molar-refractivity contribution in [3.05, 3.63) is 15.9 Å². The molecule has 0 aromatic carbocycles. The molecule has 1 N–H and O–H groups in total. The molecule has 1 rings (SSSR count). The summed E-state index contributed by atoms with van der Waals surface area (Å²) in [7, 11) is -3.61. The predicted molar refractivity (Wildman–Crippen MR) is 55.5 cm³/mol. The zero-order valence-corrected chi connectivity index (χ0v) is 10.3. The second-order valence-electron chi connectivity index (χ2n) is 3.01. The minimum absolute atomic E-state index is 0.173. The molecule has 0 aliphatic carbocycles. The van der Waals surface area contributed by atoms with Gasteiger partial charge in [0.25, 0.3) is 0 Å². The van der Waals surface area contributed by atoms with Crippen LogP contribution in [0.1, 0.15) is 13.8 Å². The first kappa shape index (κ1) is 11.2. The average molecular weight is 285 g/mol. The second kappa shape index (κ2) is 3.34. The molecule has 6 heteroatoms. The van der Waals surface area contributed by atoms with Crippen molar-refractivity contribution in [1.82, 2.24) is 0 Å². The summed E-state index contributed by atoms with van der Waals surface area (Å²) in [5.74, 6) is 0. The first-order valence-corrected chi connectivity index (χ1v) is 6.57. The Morgan fingerprint density at radius 3 is 2.31 bits per heavy atom. The number of sulfone groups is 1. The maximum Gasteiger partial charge on any atom is 0.216 e. The monoisotopic (exact) mass is 284 g/mol. The molecule has 1 heterocycles. The van der Waals surface area contributed by atoms with E-state index in [0.717, 1.165) is 15.1 Å². The molecule has 3 nitrogen and oxygen atoms in total. The molecule has 1 aromatic heterocycles. The molecule has 0 amide bonds. The highest BCUT2D eigenvalue weighted by atomic mass is 79.9. The van der Waals surface area contributed by atoms with Crippen LogP contribution in [0.5, 0.6) is 0 Å². The maximum absolute atomic E-state index is 11.6. The van der Waals surface area contributed by atoms with E-state index in [9.17, 15) is 13.5 Å². The summed E-state index contributed by atoms with van der Waals surface area (Å²) in [6.45, 7) is 2.52. The Morgan fingerprint density at radius 1 is 1.46 bits per heavy atom. The molecule has 0 spiro atoms. The molecule has 0 unspecified atom stereocenters. The second-order valence-corrected chi connectivity index (χ2v) is 8.18. The van der Waals surface area contributed by atoms with E-state index < -0.39 is 14.8 Å². The smallest absolute Gasteiger partial charge is 0.216 e. The van der Waals surface area contributed by atoms with Gasteiger partial charge < -0.3 is 5.11 Å². The van der Waals surface area contributed by atoms with Crippen molar-refractivity contribution in [2.75, 3.05) is 0 Å². The van der Waals surface area contributed by atoms with E-state index in [1.807, 2.05) is 0 Å². The van der Waals surface area contributed by atoms with Crippen LogP contribution >= 0.6 is 27.3 Å². The Bertz CT molecular complexity index is 400. The van der Waals surface area contributed by atoms with Crippen molar-refractivity contribution in [3.63, 3.8) is 0 Å². The van der Waals surface area contributed by atoms with Crippen LogP contribution in [-0.4, -0.2) is 18.5 Å². The lowest BCUT2D eigenvalue weighted by molar-refractivity contribution is 0.165. The summed E-state index contributed by atoms with van der Waals surface area (Å²) in [4.78, 5) is -1.72. The van der Waals surface area contributed by atoms with Crippen molar-refractivity contribution >= 4 is 37.1 Å². The zero-order valence-electron chi connectivity index (χ0n) is 7.11. The summed E-state index contributed by atoms with van der Waals surface area (Å²) < 4.78 is 24.1. The summed E-state index contributed by atoms with van der Waals surface area (Å²) in [6.07, 6.45) is 0. The lowest BCUT2D eigenvalue weighted by Gasteiger charge is -2.16. The third-order valence-corrected chi connectivity index (χ3v) is 5.78. The molecule has 0 atom stereocenters. The van der Waals surface area contributed by atoms with Crippen LogP contribution in [-0.2, 0) is 9.84 Å². The van der Waals surface area contributed by atoms with Crippen LogP contribution in [0.25, 0.3) is 0 Å². The average Bonchev–Trinajstić information content (AvgIpc) is 2.33. The normalized spacial score (nSPS) is 13.2. The molecule has 0 radical (unpaired) electrons. The molecule has 0 bridgehead atoms. The zero-order chi connectivity index (χ0) is 10.3. The van der Waals surface area contributed by atoms with E-state index in [1.165, 1.54) is 19.9 Å². The topological polar surface area (TPSA) is 54.4 Å². The van der Waals surface area contributed by atoms with Crippen LogP contribution in [0.15, 0.2) is 20.1 Å². The van der Waals surface area contributed by atoms with Gasteiger partial charge in [0, 0.05) is 0 Å². The third-order valence-electron chi connectivity index (χ3n) is 1.47. The quantitative estimate of drug-likeness (QED) is 0.904. The Labute approximate surface area is 89.5 Å². The summed E-state index contributed by atoms with van der Waals surface area (Å²) >= 11 is 4.25.